The van der Waals surface area contributed by atoms with Crippen LogP contribution in [0.15, 0.2) is 12.2 Å². The van der Waals surface area contributed by atoms with Gasteiger partial charge < -0.3 is 0 Å². The summed E-state index contributed by atoms with van der Waals surface area (Å²) in [6.07, 6.45) is 14.0. The molecule has 0 aromatic carbocycles. The molecule has 0 aromatic rings. The van der Waals surface area contributed by atoms with Crippen molar-refractivity contribution in [3.8, 4) is 0 Å². The highest BCUT2D eigenvalue weighted by Gasteiger charge is 1.90. The van der Waals surface area contributed by atoms with Crippen LogP contribution in [0.3, 0.4) is 0 Å². The maximum atomic E-state index is 2.33. The van der Waals surface area contributed by atoms with Crippen molar-refractivity contribution in [2.75, 3.05) is 0 Å². The first-order valence-corrected chi connectivity index (χ1v) is 3.28. The third kappa shape index (κ3) is 2.15. The molecule has 0 spiro atoms. The molecule has 1 aliphatic carbocycles. The number of hydrogen-bond acceptors (Lipinski definition) is 0. The molecule has 0 bridgehead atoms. The maximum absolute atomic E-state index is 2.33. The van der Waals surface area contributed by atoms with Gasteiger partial charge in [0.25, 0.3) is 0 Å². The van der Waals surface area contributed by atoms with Crippen molar-refractivity contribution in [1.29, 1.82) is 0 Å². The second-order valence-electron chi connectivity index (χ2n) is 2.10. The Morgan fingerprint density at radius 3 is 1.75 bits per heavy atom. The van der Waals surface area contributed by atoms with Gasteiger partial charge in [-0.15, -0.1) is 0 Å². The summed E-state index contributed by atoms with van der Waals surface area (Å²) >= 11 is 0. The second-order valence-corrected chi connectivity index (χ2v) is 2.10. The van der Waals surface area contributed by atoms with Crippen LogP contribution in [0, 0.1) is 12.8 Å². The molecule has 0 aromatic heterocycles. The van der Waals surface area contributed by atoms with Gasteiger partial charge >= 0.3 is 0 Å². The summed E-state index contributed by atoms with van der Waals surface area (Å²) < 4.78 is 0. The molecule has 1 rings (SSSR count). The average Bonchev–Trinajstić information content (AvgIpc) is 1.62. The topological polar surface area (TPSA) is 0 Å². The Morgan fingerprint density at radius 1 is 0.750 bits per heavy atom. The Bertz CT molecular complexity index is 62.1. The Kier molecular flexibility index (Phi) is 2.72. The van der Waals surface area contributed by atoms with E-state index in [0.717, 1.165) is 0 Å². The summed E-state index contributed by atoms with van der Waals surface area (Å²) in [5, 5.41) is 0. The van der Waals surface area contributed by atoms with Gasteiger partial charge in [0.1, 0.15) is 0 Å². The van der Waals surface area contributed by atoms with E-state index in [1.54, 1.807) is 0 Å². The summed E-state index contributed by atoms with van der Waals surface area (Å²) in [5.41, 5.74) is 0. The molecule has 0 N–H and O–H groups in total. The van der Waals surface area contributed by atoms with E-state index >= 15 is 0 Å². The minimum Gasteiger partial charge on any atom is -0.0882 e. The third-order valence-electron chi connectivity index (χ3n) is 1.35. The molecule has 2 radical (unpaired) electrons. The van der Waals surface area contributed by atoms with Gasteiger partial charge in [-0.3, -0.25) is 0 Å². The van der Waals surface area contributed by atoms with E-state index in [9.17, 15) is 0 Å². The fourth-order valence-corrected chi connectivity index (χ4v) is 0.856. The molecular formula is C8H12. The lowest BCUT2D eigenvalue weighted by Gasteiger charge is -1.99. The molecule has 0 fully saturated rings. The quantitative estimate of drug-likeness (QED) is 0.418. The van der Waals surface area contributed by atoms with Gasteiger partial charge in [-0.05, 0) is 38.5 Å². The molecule has 0 saturated heterocycles. The smallest absolute Gasteiger partial charge is 0.0319 e. The normalized spacial score (nSPS) is 26.0. The highest BCUT2D eigenvalue weighted by molar-refractivity contribution is 4.93. The average molecular weight is 108 g/mol. The first-order chi connectivity index (χ1) is 4.00. The van der Waals surface area contributed by atoms with Crippen LogP contribution >= 0.6 is 0 Å². The van der Waals surface area contributed by atoms with Crippen molar-refractivity contribution in [3.05, 3.63) is 25.0 Å². The molecule has 0 atom stereocenters. The SMILES string of the molecule is [CH]1C/C=C\C[CH]CC1. The van der Waals surface area contributed by atoms with Crippen molar-refractivity contribution >= 4 is 0 Å². The molecule has 0 aliphatic heterocycles. The fourth-order valence-electron chi connectivity index (χ4n) is 0.856. The van der Waals surface area contributed by atoms with Crippen LogP contribution in [-0.2, 0) is 0 Å². The Balaban J connectivity index is 2.17. The van der Waals surface area contributed by atoms with E-state index in [1.807, 2.05) is 0 Å². The Labute approximate surface area is 51.6 Å². The minimum atomic E-state index is 1.17. The molecule has 1 aliphatic rings. The van der Waals surface area contributed by atoms with Crippen molar-refractivity contribution < 1.29 is 0 Å². The fraction of sp³-hybridized carbons (Fsp3) is 0.500. The first kappa shape index (κ1) is 5.87. The summed E-state index contributed by atoms with van der Waals surface area (Å²) in [6, 6.07) is 0. The highest BCUT2D eigenvalue weighted by Crippen LogP contribution is 2.08. The zero-order chi connectivity index (χ0) is 5.66. The molecule has 0 heterocycles. The second kappa shape index (κ2) is 3.71. The van der Waals surface area contributed by atoms with Crippen LogP contribution in [0.1, 0.15) is 25.7 Å². The minimum absolute atomic E-state index is 1.17. The van der Waals surface area contributed by atoms with E-state index in [0.29, 0.717) is 0 Å². The van der Waals surface area contributed by atoms with Crippen LogP contribution in [-0.4, -0.2) is 0 Å². The Hall–Kier alpha value is -0.260. The standard InChI is InChI=1S/C8H12/c1-2-4-6-8-7-5-3-1/h1-2,5-6H,3-4,7-8H2/b2-1-. The molecule has 44 valence electrons. The van der Waals surface area contributed by atoms with E-state index < -0.39 is 0 Å². The van der Waals surface area contributed by atoms with Crippen LogP contribution in [0.5, 0.6) is 0 Å². The van der Waals surface area contributed by atoms with Crippen LogP contribution in [0.25, 0.3) is 0 Å². The van der Waals surface area contributed by atoms with Gasteiger partial charge in [0, 0.05) is 0 Å². The van der Waals surface area contributed by atoms with Gasteiger partial charge in [-0.2, -0.15) is 0 Å². The predicted molar refractivity (Wildman–Crippen MR) is 36.2 cm³/mol. The summed E-state index contributed by atoms with van der Waals surface area (Å²) in [5.74, 6) is 0. The number of allylic oxidation sites excluding steroid dienone is 2. The molecule has 0 unspecified atom stereocenters. The van der Waals surface area contributed by atoms with Crippen molar-refractivity contribution in [1.82, 2.24) is 0 Å². The van der Waals surface area contributed by atoms with Crippen LogP contribution < -0.4 is 0 Å². The molecule has 0 nitrogen and oxygen atoms in total. The lowest BCUT2D eigenvalue weighted by atomic mass is 10.1. The summed E-state index contributed by atoms with van der Waals surface area (Å²) in [6.45, 7) is 0. The predicted octanol–water partition coefficient (Wildman–Crippen LogP) is 2.53. The summed E-state index contributed by atoms with van der Waals surface area (Å²) in [4.78, 5) is 0. The van der Waals surface area contributed by atoms with Crippen LogP contribution in [0.4, 0.5) is 0 Å². The zero-order valence-electron chi connectivity index (χ0n) is 5.14. The van der Waals surface area contributed by atoms with Crippen LogP contribution in [0.2, 0.25) is 0 Å². The van der Waals surface area contributed by atoms with E-state index in [-0.39, 0.29) is 0 Å². The van der Waals surface area contributed by atoms with E-state index in [2.05, 4.69) is 25.0 Å². The summed E-state index contributed by atoms with van der Waals surface area (Å²) in [7, 11) is 0. The van der Waals surface area contributed by atoms with Crippen molar-refractivity contribution in [2.24, 2.45) is 0 Å². The van der Waals surface area contributed by atoms with Crippen molar-refractivity contribution in [3.63, 3.8) is 0 Å². The van der Waals surface area contributed by atoms with Crippen molar-refractivity contribution in [2.45, 2.75) is 25.7 Å². The van der Waals surface area contributed by atoms with Gasteiger partial charge in [0.05, 0.1) is 0 Å². The molecule has 0 amide bonds. The third-order valence-corrected chi connectivity index (χ3v) is 1.35. The van der Waals surface area contributed by atoms with Gasteiger partial charge in [-0.25, -0.2) is 0 Å². The highest BCUT2D eigenvalue weighted by atomic mass is 14.0. The molecular weight excluding hydrogens is 96.1 g/mol. The molecule has 8 heavy (non-hydrogen) atoms. The number of rotatable bonds is 0. The zero-order valence-corrected chi connectivity index (χ0v) is 5.14. The lowest BCUT2D eigenvalue weighted by molar-refractivity contribution is 0.848. The van der Waals surface area contributed by atoms with Gasteiger partial charge in [0.15, 0.2) is 0 Å². The molecule has 0 heteroatoms. The number of hydrogen-bond donors (Lipinski definition) is 0. The largest absolute Gasteiger partial charge is 0.0882 e. The first-order valence-electron chi connectivity index (χ1n) is 3.28. The monoisotopic (exact) mass is 108 g/mol. The van der Waals surface area contributed by atoms with E-state index in [1.165, 1.54) is 25.7 Å². The van der Waals surface area contributed by atoms with Gasteiger partial charge in [-0.1, -0.05) is 12.2 Å². The lowest BCUT2D eigenvalue weighted by Crippen LogP contribution is -1.81. The Morgan fingerprint density at radius 2 is 1.25 bits per heavy atom. The van der Waals surface area contributed by atoms with E-state index in [4.69, 9.17) is 0 Å². The molecule has 0 saturated carbocycles. The maximum Gasteiger partial charge on any atom is -0.0319 e. The van der Waals surface area contributed by atoms with Gasteiger partial charge in [0.2, 0.25) is 0 Å².